The molecule has 1 heteroatoms. The zero-order chi connectivity index (χ0) is 11.8. The van der Waals surface area contributed by atoms with Gasteiger partial charge in [-0.2, -0.15) is 0 Å². The normalized spacial score (nSPS) is 33.6. The molecule has 3 atom stereocenters. The summed E-state index contributed by atoms with van der Waals surface area (Å²) in [5.74, 6) is 2.42. The van der Waals surface area contributed by atoms with Gasteiger partial charge in [0.1, 0.15) is 0 Å². The lowest BCUT2D eigenvalue weighted by Gasteiger charge is -2.26. The van der Waals surface area contributed by atoms with Crippen LogP contribution in [0, 0.1) is 5.92 Å². The first kappa shape index (κ1) is 11.8. The van der Waals surface area contributed by atoms with Gasteiger partial charge in [0.25, 0.3) is 0 Å². The van der Waals surface area contributed by atoms with Gasteiger partial charge in [-0.05, 0) is 54.6 Å². The van der Waals surface area contributed by atoms with Gasteiger partial charge >= 0.3 is 0 Å². The first-order valence-corrected chi connectivity index (χ1v) is 7.91. The fourth-order valence-corrected chi connectivity index (χ4v) is 3.98. The Morgan fingerprint density at radius 2 is 1.59 bits per heavy atom. The van der Waals surface area contributed by atoms with E-state index in [0.717, 1.165) is 22.6 Å². The highest BCUT2D eigenvalue weighted by Gasteiger charge is 2.32. The molecule has 0 aliphatic heterocycles. The van der Waals surface area contributed by atoms with Crippen molar-refractivity contribution in [3.63, 3.8) is 0 Å². The molecule has 0 N–H and O–H groups in total. The highest BCUT2D eigenvalue weighted by Crippen LogP contribution is 2.43. The smallest absolute Gasteiger partial charge is 0.0177 e. The fourth-order valence-electron chi connectivity index (χ4n) is 3.34. The van der Waals surface area contributed by atoms with Crippen molar-refractivity contribution in [3.8, 4) is 0 Å². The van der Waals surface area contributed by atoms with Crippen molar-refractivity contribution >= 4 is 15.9 Å². The minimum atomic E-state index is 0.721. The van der Waals surface area contributed by atoms with E-state index in [0.29, 0.717) is 0 Å². The van der Waals surface area contributed by atoms with Crippen LogP contribution in [0.5, 0.6) is 0 Å². The molecule has 0 nitrogen and oxygen atoms in total. The Hall–Kier alpha value is -0.300. The van der Waals surface area contributed by atoms with E-state index in [1.54, 1.807) is 11.1 Å². The Morgan fingerprint density at radius 3 is 2.06 bits per heavy atom. The maximum atomic E-state index is 3.80. The third-order valence-corrected chi connectivity index (χ3v) is 6.19. The van der Waals surface area contributed by atoms with E-state index in [1.807, 2.05) is 0 Å². The highest BCUT2D eigenvalue weighted by molar-refractivity contribution is 9.09. The lowest BCUT2D eigenvalue weighted by molar-refractivity contribution is 0.419. The Bertz CT molecular complexity index is 377. The molecule has 2 saturated carbocycles. The molecular formula is C16H21Br. The average molecular weight is 293 g/mol. The summed E-state index contributed by atoms with van der Waals surface area (Å²) in [4.78, 5) is 0.721. The SMILES string of the molecule is CC1C(Br)CCC1c1ccc(C2CCC2)cc1. The molecule has 17 heavy (non-hydrogen) atoms. The molecule has 1 aromatic rings. The van der Waals surface area contributed by atoms with Gasteiger partial charge in [-0.15, -0.1) is 0 Å². The number of benzene rings is 1. The summed E-state index contributed by atoms with van der Waals surface area (Å²) in [5.41, 5.74) is 3.13. The Labute approximate surface area is 113 Å². The van der Waals surface area contributed by atoms with Crippen LogP contribution in [-0.4, -0.2) is 4.83 Å². The topological polar surface area (TPSA) is 0 Å². The van der Waals surface area contributed by atoms with Crippen LogP contribution in [0.4, 0.5) is 0 Å². The zero-order valence-corrected chi connectivity index (χ0v) is 12.1. The highest BCUT2D eigenvalue weighted by atomic mass is 79.9. The number of halogens is 1. The maximum Gasteiger partial charge on any atom is 0.0177 e. The number of hydrogen-bond donors (Lipinski definition) is 0. The average Bonchev–Trinajstić information content (AvgIpc) is 2.59. The predicted octanol–water partition coefficient (Wildman–Crippen LogP) is 5.23. The molecule has 1 aromatic carbocycles. The summed E-state index contributed by atoms with van der Waals surface area (Å²) in [6, 6.07) is 9.54. The summed E-state index contributed by atoms with van der Waals surface area (Å²) in [7, 11) is 0. The van der Waals surface area contributed by atoms with E-state index < -0.39 is 0 Å². The van der Waals surface area contributed by atoms with E-state index in [-0.39, 0.29) is 0 Å². The van der Waals surface area contributed by atoms with Gasteiger partial charge in [0.15, 0.2) is 0 Å². The summed E-state index contributed by atoms with van der Waals surface area (Å²) >= 11 is 3.80. The Kier molecular flexibility index (Phi) is 3.30. The van der Waals surface area contributed by atoms with Crippen LogP contribution >= 0.6 is 15.9 Å². The standard InChI is InChI=1S/C16H21Br/c1-11-15(9-10-16(11)17)14-7-5-13(6-8-14)12-3-2-4-12/h5-8,11-12,15-16H,2-4,9-10H2,1H3. The van der Waals surface area contributed by atoms with E-state index in [9.17, 15) is 0 Å². The quantitative estimate of drug-likeness (QED) is 0.655. The van der Waals surface area contributed by atoms with Gasteiger partial charge in [-0.3, -0.25) is 0 Å². The number of hydrogen-bond acceptors (Lipinski definition) is 0. The van der Waals surface area contributed by atoms with Crippen molar-refractivity contribution in [2.75, 3.05) is 0 Å². The van der Waals surface area contributed by atoms with Gasteiger partial charge in [-0.1, -0.05) is 53.5 Å². The molecule has 3 rings (SSSR count). The van der Waals surface area contributed by atoms with Crippen molar-refractivity contribution in [2.24, 2.45) is 5.92 Å². The van der Waals surface area contributed by atoms with Gasteiger partial charge in [0, 0.05) is 4.83 Å². The van der Waals surface area contributed by atoms with Gasteiger partial charge < -0.3 is 0 Å². The second-order valence-electron chi connectivity index (χ2n) is 5.85. The minimum absolute atomic E-state index is 0.721. The van der Waals surface area contributed by atoms with Crippen LogP contribution in [0.15, 0.2) is 24.3 Å². The molecule has 0 heterocycles. The summed E-state index contributed by atoms with van der Waals surface area (Å²) in [6.07, 6.45) is 6.92. The number of alkyl halides is 1. The first-order chi connectivity index (χ1) is 8.25. The van der Waals surface area contributed by atoms with Crippen LogP contribution < -0.4 is 0 Å². The first-order valence-electron chi connectivity index (χ1n) is 6.99. The summed E-state index contributed by atoms with van der Waals surface area (Å²) in [6.45, 7) is 2.39. The van der Waals surface area contributed by atoms with E-state index >= 15 is 0 Å². The molecule has 3 unspecified atom stereocenters. The lowest BCUT2D eigenvalue weighted by atomic mass is 9.79. The third-order valence-electron chi connectivity index (χ3n) is 4.90. The largest absolute Gasteiger partial charge is 0.0888 e. The number of rotatable bonds is 2. The molecule has 2 aliphatic carbocycles. The van der Waals surface area contributed by atoms with Crippen LogP contribution in [0.3, 0.4) is 0 Å². The van der Waals surface area contributed by atoms with Crippen molar-refractivity contribution in [1.82, 2.24) is 0 Å². The maximum absolute atomic E-state index is 3.80. The second-order valence-corrected chi connectivity index (χ2v) is 7.03. The summed E-state index contributed by atoms with van der Waals surface area (Å²) < 4.78 is 0. The lowest BCUT2D eigenvalue weighted by Crippen LogP contribution is -2.10. The van der Waals surface area contributed by atoms with Crippen molar-refractivity contribution < 1.29 is 0 Å². The van der Waals surface area contributed by atoms with Gasteiger partial charge in [0.05, 0.1) is 0 Å². The van der Waals surface area contributed by atoms with Gasteiger partial charge in [-0.25, -0.2) is 0 Å². The monoisotopic (exact) mass is 292 g/mol. The molecule has 0 spiro atoms. The zero-order valence-electron chi connectivity index (χ0n) is 10.5. The molecule has 0 saturated heterocycles. The summed E-state index contributed by atoms with van der Waals surface area (Å²) in [5, 5.41) is 0. The van der Waals surface area contributed by atoms with Crippen LogP contribution in [0.25, 0.3) is 0 Å². The predicted molar refractivity (Wildman–Crippen MR) is 76.9 cm³/mol. The Balaban J connectivity index is 1.75. The van der Waals surface area contributed by atoms with E-state index in [1.165, 1.54) is 32.1 Å². The van der Waals surface area contributed by atoms with E-state index in [4.69, 9.17) is 0 Å². The third kappa shape index (κ3) is 2.19. The minimum Gasteiger partial charge on any atom is -0.0888 e. The fraction of sp³-hybridized carbons (Fsp3) is 0.625. The van der Waals surface area contributed by atoms with Crippen molar-refractivity contribution in [1.29, 1.82) is 0 Å². The molecule has 0 aromatic heterocycles. The molecule has 0 bridgehead atoms. The molecule has 0 radical (unpaired) electrons. The molecule has 2 aliphatic rings. The van der Waals surface area contributed by atoms with Crippen LogP contribution in [0.2, 0.25) is 0 Å². The van der Waals surface area contributed by atoms with Crippen molar-refractivity contribution in [2.45, 2.75) is 55.7 Å². The van der Waals surface area contributed by atoms with E-state index in [2.05, 4.69) is 47.1 Å². The molecule has 0 amide bonds. The van der Waals surface area contributed by atoms with Crippen LogP contribution in [0.1, 0.15) is 62.0 Å². The van der Waals surface area contributed by atoms with Crippen LogP contribution in [-0.2, 0) is 0 Å². The molecule has 2 fully saturated rings. The molecular weight excluding hydrogens is 272 g/mol. The van der Waals surface area contributed by atoms with Gasteiger partial charge in [0.2, 0.25) is 0 Å². The second kappa shape index (κ2) is 4.76. The Morgan fingerprint density at radius 1 is 0.941 bits per heavy atom. The van der Waals surface area contributed by atoms with Crippen molar-refractivity contribution in [3.05, 3.63) is 35.4 Å². The molecule has 92 valence electrons.